The lowest BCUT2D eigenvalue weighted by Crippen LogP contribution is -2.51. The molecule has 0 radical (unpaired) electrons. The van der Waals surface area contributed by atoms with Gasteiger partial charge in [-0.05, 0) is 37.5 Å². The van der Waals surface area contributed by atoms with Gasteiger partial charge in [0.05, 0.1) is 11.3 Å². The van der Waals surface area contributed by atoms with Gasteiger partial charge in [0.2, 0.25) is 21.8 Å². The number of nitrogens with one attached hydrogen (secondary N) is 1. The Bertz CT molecular complexity index is 966. The zero-order valence-electron chi connectivity index (χ0n) is 17.3. The highest BCUT2D eigenvalue weighted by atomic mass is 32.2. The average Bonchev–Trinajstić information content (AvgIpc) is 3.39. The number of rotatable bonds is 5. The van der Waals surface area contributed by atoms with Crippen molar-refractivity contribution in [1.29, 1.82) is 0 Å². The molecule has 158 valence electrons. The minimum absolute atomic E-state index is 0.196. The standard InChI is InChI=1S/C20H29N5O3S/c1-4-19-22-23-20(28-19)17-12-16(13-21-17)29(26,27)25-9-7-24(8-10-25)18-11-14(2)5-6-15(18)3/h5-6,11,16-17,21H,4,7-10,12-13H2,1-3H3. The van der Waals surface area contributed by atoms with E-state index in [1.54, 1.807) is 4.31 Å². The summed E-state index contributed by atoms with van der Waals surface area (Å²) in [6.45, 7) is 8.98. The molecule has 9 heteroatoms. The van der Waals surface area contributed by atoms with Crippen molar-refractivity contribution in [3.8, 4) is 0 Å². The van der Waals surface area contributed by atoms with Crippen LogP contribution in [0.25, 0.3) is 0 Å². The van der Waals surface area contributed by atoms with Crippen LogP contribution in [0.3, 0.4) is 0 Å². The first-order valence-electron chi connectivity index (χ1n) is 10.2. The number of hydrogen-bond acceptors (Lipinski definition) is 7. The maximum atomic E-state index is 13.2. The van der Waals surface area contributed by atoms with Gasteiger partial charge in [-0.2, -0.15) is 4.31 Å². The third-order valence-electron chi connectivity index (χ3n) is 5.90. The van der Waals surface area contributed by atoms with Gasteiger partial charge >= 0.3 is 0 Å². The Morgan fingerprint density at radius 2 is 1.93 bits per heavy atom. The fraction of sp³-hybridized carbons (Fsp3) is 0.600. The molecule has 29 heavy (non-hydrogen) atoms. The Kier molecular flexibility index (Phi) is 5.63. The first-order valence-corrected chi connectivity index (χ1v) is 11.8. The lowest BCUT2D eigenvalue weighted by Gasteiger charge is -2.37. The van der Waals surface area contributed by atoms with Crippen LogP contribution in [-0.2, 0) is 16.4 Å². The monoisotopic (exact) mass is 419 g/mol. The summed E-state index contributed by atoms with van der Waals surface area (Å²) in [5.41, 5.74) is 3.64. The summed E-state index contributed by atoms with van der Waals surface area (Å²) in [4.78, 5) is 2.29. The molecule has 2 aliphatic heterocycles. The van der Waals surface area contributed by atoms with E-state index in [1.807, 2.05) is 6.92 Å². The Hall–Kier alpha value is -1.97. The molecule has 2 atom stereocenters. The van der Waals surface area contributed by atoms with Crippen molar-refractivity contribution in [3.63, 3.8) is 0 Å². The van der Waals surface area contributed by atoms with E-state index in [-0.39, 0.29) is 6.04 Å². The van der Waals surface area contributed by atoms with Crippen LogP contribution in [0.2, 0.25) is 0 Å². The van der Waals surface area contributed by atoms with Gasteiger partial charge in [0.25, 0.3) is 0 Å². The lowest BCUT2D eigenvalue weighted by atomic mass is 10.1. The predicted octanol–water partition coefficient (Wildman–Crippen LogP) is 1.80. The summed E-state index contributed by atoms with van der Waals surface area (Å²) >= 11 is 0. The molecular formula is C20H29N5O3S. The molecule has 2 fully saturated rings. The van der Waals surface area contributed by atoms with E-state index in [1.165, 1.54) is 16.8 Å². The summed E-state index contributed by atoms with van der Waals surface area (Å²) < 4.78 is 33.6. The van der Waals surface area contributed by atoms with Crippen molar-refractivity contribution < 1.29 is 12.8 Å². The molecule has 0 saturated carbocycles. The molecule has 4 rings (SSSR count). The number of piperazine rings is 1. The fourth-order valence-electron chi connectivity index (χ4n) is 4.12. The second-order valence-corrected chi connectivity index (χ2v) is 10.1. The third-order valence-corrected chi connectivity index (χ3v) is 8.19. The number of aromatic nitrogens is 2. The molecule has 3 heterocycles. The Labute approximate surface area is 172 Å². The lowest BCUT2D eigenvalue weighted by molar-refractivity contribution is 0.378. The van der Waals surface area contributed by atoms with Crippen molar-refractivity contribution in [1.82, 2.24) is 19.8 Å². The van der Waals surface area contributed by atoms with Crippen molar-refractivity contribution in [2.45, 2.75) is 44.9 Å². The third kappa shape index (κ3) is 4.04. The Morgan fingerprint density at radius 3 is 2.62 bits per heavy atom. The van der Waals surface area contributed by atoms with E-state index in [0.29, 0.717) is 57.3 Å². The molecule has 0 aliphatic carbocycles. The smallest absolute Gasteiger partial charge is 0.233 e. The highest BCUT2D eigenvalue weighted by Crippen LogP contribution is 2.29. The van der Waals surface area contributed by atoms with Gasteiger partial charge in [0, 0.05) is 44.8 Å². The van der Waals surface area contributed by atoms with Gasteiger partial charge in [0.15, 0.2) is 0 Å². The normalized spacial score (nSPS) is 23.6. The molecule has 1 aromatic heterocycles. The molecule has 2 unspecified atom stereocenters. The summed E-state index contributed by atoms with van der Waals surface area (Å²) in [6, 6.07) is 6.22. The topological polar surface area (TPSA) is 91.6 Å². The summed E-state index contributed by atoms with van der Waals surface area (Å²) in [5.74, 6) is 1.06. The fourth-order valence-corrected chi connectivity index (χ4v) is 5.96. The summed E-state index contributed by atoms with van der Waals surface area (Å²) in [6.07, 6.45) is 1.14. The van der Waals surface area contributed by atoms with Gasteiger partial charge in [-0.15, -0.1) is 10.2 Å². The zero-order chi connectivity index (χ0) is 20.6. The van der Waals surface area contributed by atoms with Gasteiger partial charge < -0.3 is 14.6 Å². The molecule has 1 aromatic carbocycles. The van der Waals surface area contributed by atoms with Crippen molar-refractivity contribution >= 4 is 15.7 Å². The number of hydrogen-bond donors (Lipinski definition) is 1. The van der Waals surface area contributed by atoms with Crippen LogP contribution in [-0.4, -0.2) is 60.9 Å². The van der Waals surface area contributed by atoms with Crippen molar-refractivity contribution in [3.05, 3.63) is 41.1 Å². The molecule has 2 aliphatic rings. The Balaban J connectivity index is 1.39. The number of sulfonamides is 1. The molecule has 1 N–H and O–H groups in total. The van der Waals surface area contributed by atoms with Crippen LogP contribution < -0.4 is 10.2 Å². The van der Waals surface area contributed by atoms with Gasteiger partial charge in [-0.1, -0.05) is 19.1 Å². The summed E-state index contributed by atoms with van der Waals surface area (Å²) in [7, 11) is -3.37. The van der Waals surface area contributed by atoms with Gasteiger partial charge in [-0.3, -0.25) is 0 Å². The van der Waals surface area contributed by atoms with Crippen molar-refractivity contribution in [2.24, 2.45) is 0 Å². The van der Waals surface area contributed by atoms with E-state index in [0.717, 1.165) is 0 Å². The Morgan fingerprint density at radius 1 is 1.17 bits per heavy atom. The van der Waals surface area contributed by atoms with E-state index >= 15 is 0 Å². The van der Waals surface area contributed by atoms with E-state index in [9.17, 15) is 8.42 Å². The molecular weight excluding hydrogens is 390 g/mol. The van der Waals surface area contributed by atoms with Crippen LogP contribution in [0, 0.1) is 13.8 Å². The average molecular weight is 420 g/mol. The zero-order valence-corrected chi connectivity index (χ0v) is 18.1. The van der Waals surface area contributed by atoms with Gasteiger partial charge in [-0.25, -0.2) is 8.42 Å². The maximum Gasteiger partial charge on any atom is 0.233 e. The molecule has 0 bridgehead atoms. The van der Waals surface area contributed by atoms with Gasteiger partial charge in [0.1, 0.15) is 0 Å². The number of aryl methyl sites for hydroxylation is 3. The van der Waals surface area contributed by atoms with Crippen molar-refractivity contribution in [2.75, 3.05) is 37.6 Å². The highest BCUT2D eigenvalue weighted by molar-refractivity contribution is 7.89. The van der Waals surface area contributed by atoms with Crippen LogP contribution >= 0.6 is 0 Å². The molecule has 0 amide bonds. The minimum atomic E-state index is -3.37. The first kappa shape index (κ1) is 20.3. The minimum Gasteiger partial charge on any atom is -0.424 e. The molecule has 8 nitrogen and oxygen atoms in total. The molecule has 0 spiro atoms. The maximum absolute atomic E-state index is 13.2. The van der Waals surface area contributed by atoms with Crippen LogP contribution in [0.1, 0.15) is 42.3 Å². The second-order valence-electron chi connectivity index (χ2n) is 7.93. The van der Waals surface area contributed by atoms with E-state index < -0.39 is 15.3 Å². The van der Waals surface area contributed by atoms with Crippen LogP contribution in [0.5, 0.6) is 0 Å². The number of anilines is 1. The van der Waals surface area contributed by atoms with Crippen LogP contribution in [0.4, 0.5) is 5.69 Å². The van der Waals surface area contributed by atoms with Crippen LogP contribution in [0.15, 0.2) is 22.6 Å². The SMILES string of the molecule is CCc1nnc(C2CC(S(=O)(=O)N3CCN(c4cc(C)ccc4C)CC3)CN2)o1. The summed E-state index contributed by atoms with van der Waals surface area (Å²) in [5, 5.41) is 10.8. The van der Waals surface area contributed by atoms with E-state index in [4.69, 9.17) is 4.42 Å². The quantitative estimate of drug-likeness (QED) is 0.790. The molecule has 2 saturated heterocycles. The number of nitrogens with zero attached hydrogens (tertiary/aromatic N) is 4. The second kappa shape index (κ2) is 8.04. The van der Waals surface area contributed by atoms with E-state index in [2.05, 4.69) is 52.5 Å². The largest absolute Gasteiger partial charge is 0.424 e. The number of benzene rings is 1. The highest BCUT2D eigenvalue weighted by Gasteiger charge is 2.41. The first-order chi connectivity index (χ1) is 13.9. The predicted molar refractivity (Wildman–Crippen MR) is 111 cm³/mol. The molecule has 2 aromatic rings.